The van der Waals surface area contributed by atoms with Crippen LogP contribution in [0.3, 0.4) is 0 Å². The minimum Gasteiger partial charge on any atom is -0.425 e. The number of carbonyl (C=O) groups excluding carboxylic acids is 1. The van der Waals surface area contributed by atoms with Crippen molar-refractivity contribution in [3.63, 3.8) is 0 Å². The minimum absolute atomic E-state index is 0.390. The number of ether oxygens (including phenoxy) is 1. The van der Waals surface area contributed by atoms with E-state index in [4.69, 9.17) is 27.9 Å². The summed E-state index contributed by atoms with van der Waals surface area (Å²) >= 11 is 12.5. The fraction of sp³-hybridized carbons (Fsp3) is 0.0625. The van der Waals surface area contributed by atoms with E-state index in [0.717, 1.165) is 21.5 Å². The molecule has 0 spiro atoms. The van der Waals surface area contributed by atoms with Crippen molar-refractivity contribution in [3.05, 3.63) is 52.5 Å². The SMILES string of the molecule is CC(=O)Oc1c2cccc(Cl)c2cc2cccc(Cl)c12. The molecule has 0 aliphatic heterocycles. The molecular formula is C16H10Cl2O2. The van der Waals surface area contributed by atoms with E-state index in [1.54, 1.807) is 12.1 Å². The molecule has 0 saturated heterocycles. The Morgan fingerprint density at radius 3 is 2.45 bits per heavy atom. The molecule has 20 heavy (non-hydrogen) atoms. The summed E-state index contributed by atoms with van der Waals surface area (Å²) in [6, 6.07) is 13.0. The quantitative estimate of drug-likeness (QED) is 0.350. The fourth-order valence-electron chi connectivity index (χ4n) is 2.32. The largest absolute Gasteiger partial charge is 0.425 e. The highest BCUT2D eigenvalue weighted by Gasteiger charge is 2.14. The second-order valence-corrected chi connectivity index (χ2v) is 5.29. The number of carbonyl (C=O) groups is 1. The number of rotatable bonds is 1. The lowest BCUT2D eigenvalue weighted by molar-refractivity contribution is -0.131. The maximum Gasteiger partial charge on any atom is 0.308 e. The van der Waals surface area contributed by atoms with Crippen LogP contribution >= 0.6 is 23.2 Å². The first-order valence-electron chi connectivity index (χ1n) is 6.06. The highest BCUT2D eigenvalue weighted by Crippen LogP contribution is 2.40. The number of esters is 1. The third kappa shape index (κ3) is 2.11. The minimum atomic E-state index is -0.390. The molecule has 0 aliphatic rings. The molecule has 0 atom stereocenters. The molecule has 0 saturated carbocycles. The summed E-state index contributed by atoms with van der Waals surface area (Å²) in [5.41, 5.74) is 0. The van der Waals surface area contributed by atoms with Crippen molar-refractivity contribution in [1.82, 2.24) is 0 Å². The molecule has 100 valence electrons. The van der Waals surface area contributed by atoms with E-state index in [1.165, 1.54) is 6.92 Å². The Hall–Kier alpha value is -1.77. The van der Waals surface area contributed by atoms with Gasteiger partial charge >= 0.3 is 5.97 Å². The molecule has 2 nitrogen and oxygen atoms in total. The first-order valence-corrected chi connectivity index (χ1v) is 6.81. The van der Waals surface area contributed by atoms with Gasteiger partial charge in [-0.05, 0) is 23.6 Å². The summed E-state index contributed by atoms with van der Waals surface area (Å²) in [6.45, 7) is 1.37. The summed E-state index contributed by atoms with van der Waals surface area (Å²) in [7, 11) is 0. The second-order valence-electron chi connectivity index (χ2n) is 4.47. The maximum absolute atomic E-state index is 11.4. The van der Waals surface area contributed by atoms with Crippen LogP contribution in [-0.2, 0) is 4.79 Å². The summed E-state index contributed by atoms with van der Waals surface area (Å²) in [6.07, 6.45) is 0. The molecule has 0 radical (unpaired) electrons. The van der Waals surface area contributed by atoms with Crippen molar-refractivity contribution in [2.24, 2.45) is 0 Å². The molecule has 0 bridgehead atoms. The first kappa shape index (κ1) is 13.2. The summed E-state index contributed by atoms with van der Waals surface area (Å²) < 4.78 is 5.39. The molecule has 3 aromatic rings. The number of halogens is 2. The van der Waals surface area contributed by atoms with Crippen molar-refractivity contribution < 1.29 is 9.53 Å². The smallest absolute Gasteiger partial charge is 0.308 e. The molecular weight excluding hydrogens is 295 g/mol. The van der Waals surface area contributed by atoms with Gasteiger partial charge in [0.2, 0.25) is 0 Å². The fourth-order valence-corrected chi connectivity index (χ4v) is 2.82. The van der Waals surface area contributed by atoms with Crippen LogP contribution < -0.4 is 4.74 Å². The van der Waals surface area contributed by atoms with Gasteiger partial charge in [-0.15, -0.1) is 0 Å². The van der Waals surface area contributed by atoms with Gasteiger partial charge in [0.25, 0.3) is 0 Å². The van der Waals surface area contributed by atoms with Gasteiger partial charge in [-0.2, -0.15) is 0 Å². The normalized spacial score (nSPS) is 10.9. The van der Waals surface area contributed by atoms with E-state index < -0.39 is 5.97 Å². The van der Waals surface area contributed by atoms with Gasteiger partial charge in [-0.1, -0.05) is 47.5 Å². The first-order chi connectivity index (χ1) is 9.58. The van der Waals surface area contributed by atoms with Crippen LogP contribution in [0.5, 0.6) is 5.75 Å². The van der Waals surface area contributed by atoms with Crippen LogP contribution in [0.25, 0.3) is 21.5 Å². The van der Waals surface area contributed by atoms with Gasteiger partial charge in [-0.3, -0.25) is 4.79 Å². The Labute approximate surface area is 125 Å². The van der Waals surface area contributed by atoms with Crippen molar-refractivity contribution in [3.8, 4) is 5.75 Å². The number of hydrogen-bond donors (Lipinski definition) is 0. The predicted molar refractivity (Wildman–Crippen MR) is 82.8 cm³/mol. The lowest BCUT2D eigenvalue weighted by Crippen LogP contribution is -2.02. The van der Waals surface area contributed by atoms with Gasteiger partial charge in [0, 0.05) is 28.1 Å². The van der Waals surface area contributed by atoms with Gasteiger partial charge in [0.15, 0.2) is 0 Å². The number of fused-ring (bicyclic) bond motifs is 2. The van der Waals surface area contributed by atoms with Crippen molar-refractivity contribution in [2.45, 2.75) is 6.92 Å². The summed E-state index contributed by atoms with van der Waals surface area (Å²) in [5, 5.41) is 4.36. The molecule has 0 unspecified atom stereocenters. The Balaban J connectivity index is 2.53. The van der Waals surface area contributed by atoms with E-state index in [2.05, 4.69) is 0 Å². The zero-order chi connectivity index (χ0) is 14.3. The monoisotopic (exact) mass is 304 g/mol. The van der Waals surface area contributed by atoms with Crippen LogP contribution in [0, 0.1) is 0 Å². The summed E-state index contributed by atoms with van der Waals surface area (Å²) in [4.78, 5) is 11.4. The lowest BCUT2D eigenvalue weighted by Gasteiger charge is -2.12. The van der Waals surface area contributed by atoms with Crippen LogP contribution in [0.2, 0.25) is 10.0 Å². The van der Waals surface area contributed by atoms with Crippen molar-refractivity contribution >= 4 is 50.7 Å². The Bertz CT molecular complexity index is 841. The molecule has 0 aromatic heterocycles. The molecule has 0 fully saturated rings. The zero-order valence-electron chi connectivity index (χ0n) is 10.6. The average molecular weight is 305 g/mol. The van der Waals surface area contributed by atoms with Gasteiger partial charge in [0.05, 0.1) is 5.02 Å². The van der Waals surface area contributed by atoms with E-state index in [0.29, 0.717) is 15.8 Å². The third-order valence-corrected chi connectivity index (χ3v) is 3.76. The molecule has 0 N–H and O–H groups in total. The molecule has 3 rings (SSSR count). The predicted octanol–water partition coefficient (Wildman–Crippen LogP) is 5.23. The molecule has 0 aliphatic carbocycles. The molecule has 0 amide bonds. The van der Waals surface area contributed by atoms with Crippen LogP contribution in [0.15, 0.2) is 42.5 Å². The molecule has 4 heteroatoms. The molecule has 3 aromatic carbocycles. The second kappa shape index (κ2) is 4.97. The summed E-state index contributed by atoms with van der Waals surface area (Å²) in [5.74, 6) is 0.0665. The van der Waals surface area contributed by atoms with Gasteiger partial charge < -0.3 is 4.74 Å². The zero-order valence-corrected chi connectivity index (χ0v) is 12.1. The van der Waals surface area contributed by atoms with Gasteiger partial charge in [-0.25, -0.2) is 0 Å². The van der Waals surface area contributed by atoms with E-state index >= 15 is 0 Å². The van der Waals surface area contributed by atoms with E-state index in [-0.39, 0.29) is 0 Å². The standard InChI is InChI=1S/C16H10Cl2O2/c1-9(19)20-16-11-5-3-6-13(17)12(11)8-10-4-2-7-14(18)15(10)16/h2-8H,1H3. The van der Waals surface area contributed by atoms with Crippen LogP contribution in [-0.4, -0.2) is 5.97 Å². The Morgan fingerprint density at radius 2 is 1.70 bits per heavy atom. The number of benzene rings is 3. The Kier molecular flexibility index (Phi) is 3.28. The number of hydrogen-bond acceptors (Lipinski definition) is 2. The van der Waals surface area contributed by atoms with E-state index in [1.807, 2.05) is 30.3 Å². The Morgan fingerprint density at radius 1 is 1.00 bits per heavy atom. The van der Waals surface area contributed by atoms with E-state index in [9.17, 15) is 4.79 Å². The maximum atomic E-state index is 11.4. The average Bonchev–Trinajstić information content (AvgIpc) is 2.39. The lowest BCUT2D eigenvalue weighted by atomic mass is 10.0. The van der Waals surface area contributed by atoms with Gasteiger partial charge in [0.1, 0.15) is 5.75 Å². The highest BCUT2D eigenvalue weighted by atomic mass is 35.5. The van der Waals surface area contributed by atoms with Crippen molar-refractivity contribution in [1.29, 1.82) is 0 Å². The van der Waals surface area contributed by atoms with Crippen LogP contribution in [0.1, 0.15) is 6.92 Å². The van der Waals surface area contributed by atoms with Crippen molar-refractivity contribution in [2.75, 3.05) is 0 Å². The molecule has 0 heterocycles. The topological polar surface area (TPSA) is 26.3 Å². The highest BCUT2D eigenvalue weighted by molar-refractivity contribution is 6.39. The third-order valence-electron chi connectivity index (χ3n) is 3.12. The van der Waals surface area contributed by atoms with Crippen LogP contribution in [0.4, 0.5) is 0 Å².